The average molecular weight is 452 g/mol. The van der Waals surface area contributed by atoms with E-state index in [0.717, 1.165) is 21.8 Å². The predicted octanol–water partition coefficient (Wildman–Crippen LogP) is 2.34. The Labute approximate surface area is 191 Å². The molecule has 2 aliphatic rings. The molecule has 2 unspecified atom stereocenters. The van der Waals surface area contributed by atoms with Crippen LogP contribution in [0.3, 0.4) is 0 Å². The van der Waals surface area contributed by atoms with Gasteiger partial charge in [-0.25, -0.2) is 4.98 Å². The fraction of sp³-hybridized carbons (Fsp3) is 0.391. The minimum atomic E-state index is -0.365. The largest absolute Gasteiger partial charge is 0.496 e. The highest BCUT2D eigenvalue weighted by atomic mass is 32.2. The number of amides is 2. The molecule has 2 amide bonds. The molecule has 3 heterocycles. The van der Waals surface area contributed by atoms with Crippen LogP contribution in [0.25, 0.3) is 0 Å². The van der Waals surface area contributed by atoms with Gasteiger partial charge in [-0.2, -0.15) is 5.26 Å². The minimum absolute atomic E-state index is 0.0213. The molecule has 1 aromatic carbocycles. The Morgan fingerprint density at radius 1 is 1.38 bits per heavy atom. The van der Waals surface area contributed by atoms with Crippen LogP contribution in [0.2, 0.25) is 0 Å². The maximum atomic E-state index is 12.6. The van der Waals surface area contributed by atoms with Gasteiger partial charge in [0.25, 0.3) is 0 Å². The van der Waals surface area contributed by atoms with Crippen molar-refractivity contribution in [2.45, 2.75) is 31.2 Å². The fourth-order valence-corrected chi connectivity index (χ4v) is 5.56. The van der Waals surface area contributed by atoms with Crippen LogP contribution >= 0.6 is 11.8 Å². The number of ether oxygens (including phenoxy) is 1. The van der Waals surface area contributed by atoms with Gasteiger partial charge in [-0.15, -0.1) is 11.8 Å². The van der Waals surface area contributed by atoms with Crippen LogP contribution in [0.5, 0.6) is 5.75 Å². The third-order valence-corrected chi connectivity index (χ3v) is 7.10. The molecule has 9 heteroatoms. The number of nitrogens with zero attached hydrogens (tertiary/aromatic N) is 4. The third kappa shape index (κ3) is 4.81. The van der Waals surface area contributed by atoms with Gasteiger partial charge in [0.05, 0.1) is 37.3 Å². The minimum Gasteiger partial charge on any atom is -0.496 e. The Morgan fingerprint density at radius 3 is 2.97 bits per heavy atom. The number of nitrogens with one attached hydrogen (secondary N) is 1. The summed E-state index contributed by atoms with van der Waals surface area (Å²) in [5.74, 6) is 0.327. The van der Waals surface area contributed by atoms with Crippen LogP contribution in [0.15, 0.2) is 53.5 Å². The van der Waals surface area contributed by atoms with Gasteiger partial charge >= 0.3 is 0 Å². The summed E-state index contributed by atoms with van der Waals surface area (Å²) in [5, 5.41) is 12.5. The fourth-order valence-electron chi connectivity index (χ4n) is 4.09. The highest BCUT2D eigenvalue weighted by Crippen LogP contribution is 2.44. The number of methoxy groups -OCH3 is 1. The topological polar surface area (TPSA) is 100 Å². The number of hydrogen-bond acceptors (Lipinski definition) is 6. The zero-order valence-electron chi connectivity index (χ0n) is 17.9. The van der Waals surface area contributed by atoms with Gasteiger partial charge in [0.2, 0.25) is 11.8 Å². The molecule has 8 nitrogen and oxygen atoms in total. The molecule has 2 atom stereocenters. The predicted molar refractivity (Wildman–Crippen MR) is 120 cm³/mol. The van der Waals surface area contributed by atoms with Crippen LogP contribution in [-0.2, 0) is 22.6 Å². The number of carbonyl (C=O) groups is 2. The molecule has 0 saturated heterocycles. The lowest BCUT2D eigenvalue weighted by atomic mass is 9.94. The molecule has 1 N–H and O–H groups in total. The van der Waals surface area contributed by atoms with Crippen molar-refractivity contribution < 1.29 is 14.3 Å². The molecule has 0 fully saturated rings. The Bertz CT molecular complexity index is 1060. The first kappa shape index (κ1) is 22.0. The Hall–Kier alpha value is -3.25. The normalized spacial score (nSPS) is 19.9. The van der Waals surface area contributed by atoms with Gasteiger partial charge in [0.15, 0.2) is 0 Å². The molecule has 0 aliphatic carbocycles. The Kier molecular flexibility index (Phi) is 6.81. The second-order valence-corrected chi connectivity index (χ2v) is 9.01. The van der Waals surface area contributed by atoms with Gasteiger partial charge in [0.1, 0.15) is 12.3 Å². The molecule has 0 bridgehead atoms. The molecular formula is C23H25N5O3S. The summed E-state index contributed by atoms with van der Waals surface area (Å²) in [6, 6.07) is 10.0. The highest BCUT2D eigenvalue weighted by Gasteiger charge is 2.39. The number of aromatic nitrogens is 2. The van der Waals surface area contributed by atoms with Gasteiger partial charge in [0, 0.05) is 30.3 Å². The van der Waals surface area contributed by atoms with E-state index in [1.54, 1.807) is 30.4 Å². The maximum Gasteiger partial charge on any atom is 0.242 e. The summed E-state index contributed by atoms with van der Waals surface area (Å²) < 4.78 is 7.10. The van der Waals surface area contributed by atoms with Crippen LogP contribution in [0, 0.1) is 17.2 Å². The second-order valence-electron chi connectivity index (χ2n) is 7.77. The van der Waals surface area contributed by atoms with Gasteiger partial charge in [-0.05, 0) is 30.0 Å². The van der Waals surface area contributed by atoms with Crippen molar-refractivity contribution in [3.63, 3.8) is 0 Å². The van der Waals surface area contributed by atoms with E-state index in [4.69, 9.17) is 4.74 Å². The van der Waals surface area contributed by atoms with E-state index >= 15 is 0 Å². The molecule has 0 saturated carbocycles. The first-order valence-corrected chi connectivity index (χ1v) is 11.4. The van der Waals surface area contributed by atoms with Crippen molar-refractivity contribution in [2.24, 2.45) is 5.92 Å². The zero-order valence-corrected chi connectivity index (χ0v) is 18.7. The first-order chi connectivity index (χ1) is 15.6. The molecule has 2 aromatic rings. The summed E-state index contributed by atoms with van der Waals surface area (Å²) in [6.45, 7) is 1.32. The van der Waals surface area contributed by atoms with Crippen LogP contribution in [0.4, 0.5) is 0 Å². The third-order valence-electron chi connectivity index (χ3n) is 5.78. The van der Waals surface area contributed by atoms with Crippen molar-refractivity contribution in [1.82, 2.24) is 19.8 Å². The number of hydrogen-bond donors (Lipinski definition) is 1. The van der Waals surface area contributed by atoms with Crippen LogP contribution < -0.4 is 10.1 Å². The maximum absolute atomic E-state index is 12.6. The summed E-state index contributed by atoms with van der Waals surface area (Å²) in [7, 11) is 1.62. The number of carbonyl (C=O) groups excluding carboxylic acids is 2. The number of imidazole rings is 1. The highest BCUT2D eigenvalue weighted by molar-refractivity contribution is 8.04. The van der Waals surface area contributed by atoms with Gasteiger partial charge in [-0.1, -0.05) is 18.2 Å². The summed E-state index contributed by atoms with van der Waals surface area (Å²) in [4.78, 5) is 32.1. The van der Waals surface area contributed by atoms with Gasteiger partial charge in [-0.3, -0.25) is 9.59 Å². The van der Waals surface area contributed by atoms with Crippen molar-refractivity contribution in [1.29, 1.82) is 5.26 Å². The average Bonchev–Trinajstić information content (AvgIpc) is 3.44. The van der Waals surface area contributed by atoms with E-state index in [9.17, 15) is 14.9 Å². The van der Waals surface area contributed by atoms with Crippen LogP contribution in [0.1, 0.15) is 18.4 Å². The number of benzene rings is 1. The molecule has 166 valence electrons. The van der Waals surface area contributed by atoms with Crippen molar-refractivity contribution >= 4 is 23.6 Å². The van der Waals surface area contributed by atoms with Crippen molar-refractivity contribution in [3.05, 3.63) is 59.0 Å². The molecule has 1 aromatic heterocycles. The monoisotopic (exact) mass is 451 g/mol. The number of aryl methyl sites for hydroxylation is 1. The van der Waals surface area contributed by atoms with E-state index in [-0.39, 0.29) is 29.7 Å². The van der Waals surface area contributed by atoms with E-state index in [1.807, 2.05) is 29.2 Å². The number of thioether (sulfide) groups is 1. The molecule has 32 heavy (non-hydrogen) atoms. The summed E-state index contributed by atoms with van der Waals surface area (Å²) in [6.07, 6.45) is 6.57. The molecule has 4 rings (SSSR count). The molecule has 0 radical (unpaired) electrons. The van der Waals surface area contributed by atoms with E-state index in [0.29, 0.717) is 32.4 Å². The first-order valence-electron chi connectivity index (χ1n) is 10.5. The number of rotatable bonds is 7. The quantitative estimate of drug-likeness (QED) is 0.694. The van der Waals surface area contributed by atoms with E-state index in [2.05, 4.69) is 16.4 Å². The molecular weight excluding hydrogens is 426 g/mol. The lowest BCUT2D eigenvalue weighted by Crippen LogP contribution is -2.38. The number of para-hydroxylation sites is 1. The Morgan fingerprint density at radius 2 is 2.22 bits per heavy atom. The number of nitriles is 1. The van der Waals surface area contributed by atoms with Gasteiger partial charge < -0.3 is 19.5 Å². The van der Waals surface area contributed by atoms with Crippen molar-refractivity contribution in [3.8, 4) is 11.8 Å². The summed E-state index contributed by atoms with van der Waals surface area (Å²) >= 11 is 1.50. The smallest absolute Gasteiger partial charge is 0.242 e. The molecule has 2 aliphatic heterocycles. The van der Waals surface area contributed by atoms with Crippen LogP contribution in [-0.4, -0.2) is 51.8 Å². The van der Waals surface area contributed by atoms with Crippen molar-refractivity contribution in [2.75, 3.05) is 20.2 Å². The standard InChI is InChI=1S/C23H25N5O3S/c1-31-19-5-3-2-4-16(19)6-7-21(29)26-23-18(12-24)17-8-10-28(13-20(17)32-23)22(30)14-27-11-9-25-15-27/h2-5,9,11,15,18,23H,6-8,10,13-14H2,1H3,(H,26,29). The lowest BCUT2D eigenvalue weighted by molar-refractivity contribution is -0.131. The SMILES string of the molecule is COc1ccccc1CCC(=O)NC1SC2=C(CCN(C(=O)Cn3ccnc3)C2)C1C#N. The Balaban J connectivity index is 1.33. The zero-order chi connectivity index (χ0) is 22.5. The molecule has 0 spiro atoms. The van der Waals surface area contributed by atoms with E-state index < -0.39 is 0 Å². The lowest BCUT2D eigenvalue weighted by Gasteiger charge is -2.28. The second kappa shape index (κ2) is 9.92. The summed E-state index contributed by atoms with van der Waals surface area (Å²) in [5.41, 5.74) is 2.03. The van der Waals surface area contributed by atoms with E-state index in [1.165, 1.54) is 11.8 Å².